The van der Waals surface area contributed by atoms with Crippen molar-refractivity contribution in [3.63, 3.8) is 0 Å². The van der Waals surface area contributed by atoms with Gasteiger partial charge in [0.15, 0.2) is 5.75 Å². The average Bonchev–Trinajstić information content (AvgIpc) is 2.44. The normalized spacial score (nSPS) is 11.5. The highest BCUT2D eigenvalue weighted by molar-refractivity contribution is 7.87. The van der Waals surface area contributed by atoms with Crippen LogP contribution in [0, 0.1) is 0 Å². The van der Waals surface area contributed by atoms with Gasteiger partial charge in [-0.2, -0.15) is 8.42 Å². The molecule has 0 spiro atoms. The van der Waals surface area contributed by atoms with Crippen molar-refractivity contribution >= 4 is 16.1 Å². The Hall–Kier alpha value is -1.56. The van der Waals surface area contributed by atoms with E-state index >= 15 is 0 Å². The van der Waals surface area contributed by atoms with E-state index in [9.17, 15) is 13.2 Å². The van der Waals surface area contributed by atoms with E-state index < -0.39 is 16.1 Å². The fraction of sp³-hybridized carbons (Fsp3) is 0.533. The molecule has 0 heterocycles. The van der Waals surface area contributed by atoms with Crippen LogP contribution in [0.25, 0.3) is 0 Å². The van der Waals surface area contributed by atoms with E-state index in [0.29, 0.717) is 6.42 Å². The maximum absolute atomic E-state index is 11.9. The van der Waals surface area contributed by atoms with Gasteiger partial charge in [-0.05, 0) is 30.0 Å². The second kappa shape index (κ2) is 7.45. The van der Waals surface area contributed by atoms with Crippen LogP contribution in [0.2, 0.25) is 0 Å². The predicted octanol–water partition coefficient (Wildman–Crippen LogP) is 3.11. The number of unbranched alkanes of at least 4 members (excludes halogenated alkanes) is 1. The molecule has 0 N–H and O–H groups in total. The molecule has 0 saturated carbocycles. The molecular weight excluding hydrogens is 292 g/mol. The highest BCUT2D eigenvalue weighted by atomic mass is 32.2. The molecule has 0 atom stereocenters. The van der Waals surface area contributed by atoms with Crippen molar-refractivity contribution in [2.24, 2.45) is 0 Å². The molecule has 0 aromatic heterocycles. The van der Waals surface area contributed by atoms with E-state index in [1.165, 1.54) is 13.2 Å². The molecule has 1 aromatic carbocycles. The number of carbonyl (C=O) groups is 1. The third-order valence-corrected chi connectivity index (χ3v) is 4.26. The number of esters is 1. The summed E-state index contributed by atoms with van der Waals surface area (Å²) in [6.07, 6.45) is 1.26. The smallest absolute Gasteiger partial charge is 0.341 e. The maximum atomic E-state index is 11.9. The van der Waals surface area contributed by atoms with Gasteiger partial charge in [-0.3, -0.25) is 0 Å². The number of benzene rings is 1. The monoisotopic (exact) mass is 314 g/mol. The van der Waals surface area contributed by atoms with Crippen LogP contribution in [0.3, 0.4) is 0 Å². The van der Waals surface area contributed by atoms with Crippen LogP contribution in [0.5, 0.6) is 5.75 Å². The Morgan fingerprint density at radius 3 is 2.48 bits per heavy atom. The van der Waals surface area contributed by atoms with Gasteiger partial charge in [0.1, 0.15) is 5.56 Å². The zero-order valence-corrected chi connectivity index (χ0v) is 13.7. The van der Waals surface area contributed by atoms with Gasteiger partial charge in [0, 0.05) is 0 Å². The summed E-state index contributed by atoms with van der Waals surface area (Å²) in [5, 5.41) is 0. The highest BCUT2D eigenvalue weighted by Crippen LogP contribution is 2.26. The molecule has 1 aromatic rings. The Balaban J connectivity index is 3.14. The fourth-order valence-electron chi connectivity index (χ4n) is 1.75. The summed E-state index contributed by atoms with van der Waals surface area (Å²) in [5.41, 5.74) is 1.04. The zero-order chi connectivity index (χ0) is 16.0. The van der Waals surface area contributed by atoms with Crippen LogP contribution in [0.15, 0.2) is 18.2 Å². The summed E-state index contributed by atoms with van der Waals surface area (Å²) in [6, 6.07) is 4.87. The van der Waals surface area contributed by atoms with Crippen LogP contribution in [-0.2, 0) is 14.9 Å². The summed E-state index contributed by atoms with van der Waals surface area (Å²) < 4.78 is 33.5. The zero-order valence-electron chi connectivity index (χ0n) is 12.9. The molecule has 0 aliphatic rings. The van der Waals surface area contributed by atoms with E-state index in [-0.39, 0.29) is 23.0 Å². The molecule has 0 unspecified atom stereocenters. The van der Waals surface area contributed by atoms with Crippen LogP contribution < -0.4 is 4.18 Å². The van der Waals surface area contributed by atoms with Gasteiger partial charge in [-0.15, -0.1) is 0 Å². The maximum Gasteiger partial charge on any atom is 0.341 e. The summed E-state index contributed by atoms with van der Waals surface area (Å²) >= 11 is 0. The average molecular weight is 314 g/mol. The second-order valence-electron chi connectivity index (χ2n) is 5.10. The van der Waals surface area contributed by atoms with Gasteiger partial charge in [0.25, 0.3) is 0 Å². The topological polar surface area (TPSA) is 69.7 Å². The number of hydrogen-bond donors (Lipinski definition) is 0. The van der Waals surface area contributed by atoms with E-state index in [1.54, 1.807) is 12.1 Å². The highest BCUT2D eigenvalue weighted by Gasteiger charge is 2.20. The number of methoxy groups -OCH3 is 1. The van der Waals surface area contributed by atoms with Crippen LogP contribution in [0.1, 0.15) is 55.5 Å². The van der Waals surface area contributed by atoms with Gasteiger partial charge in [-0.25, -0.2) is 4.79 Å². The minimum atomic E-state index is -3.70. The molecule has 0 aliphatic heterocycles. The molecule has 0 bridgehead atoms. The molecule has 1 rings (SSSR count). The first-order valence-corrected chi connectivity index (χ1v) is 8.53. The first-order chi connectivity index (χ1) is 9.80. The van der Waals surface area contributed by atoms with Crippen LogP contribution in [0.4, 0.5) is 0 Å². The van der Waals surface area contributed by atoms with Crippen molar-refractivity contribution in [1.29, 1.82) is 0 Å². The molecule has 0 radical (unpaired) electrons. The minimum absolute atomic E-state index is 0.0161. The molecule has 0 amide bonds. The molecule has 0 fully saturated rings. The van der Waals surface area contributed by atoms with E-state index in [0.717, 1.165) is 12.0 Å². The molecule has 0 aliphatic carbocycles. The predicted molar refractivity (Wildman–Crippen MR) is 81.2 cm³/mol. The minimum Gasteiger partial charge on any atom is -0.465 e. The standard InChI is InChI=1S/C15H22O5S/c1-5-6-9-21(17,18)20-14-8-7-12(11(2)3)10-13(14)15(16)19-4/h7-8,10-11H,5-6,9H2,1-4H3. The second-order valence-corrected chi connectivity index (χ2v) is 6.79. The Morgan fingerprint density at radius 1 is 1.29 bits per heavy atom. The Labute approximate surface area is 126 Å². The van der Waals surface area contributed by atoms with Gasteiger partial charge in [0.2, 0.25) is 0 Å². The Morgan fingerprint density at radius 2 is 1.95 bits per heavy atom. The lowest BCUT2D eigenvalue weighted by Crippen LogP contribution is -2.16. The quantitative estimate of drug-likeness (QED) is 0.571. The van der Waals surface area contributed by atoms with E-state index in [4.69, 9.17) is 8.92 Å². The van der Waals surface area contributed by atoms with Crippen LogP contribution in [-0.4, -0.2) is 27.2 Å². The third kappa shape index (κ3) is 5.04. The molecule has 21 heavy (non-hydrogen) atoms. The van der Waals surface area contributed by atoms with Gasteiger partial charge >= 0.3 is 16.1 Å². The Bertz CT molecular complexity index is 590. The first kappa shape index (κ1) is 17.5. The van der Waals surface area contributed by atoms with Crippen LogP contribution >= 0.6 is 0 Å². The van der Waals surface area contributed by atoms with Crippen molar-refractivity contribution in [2.75, 3.05) is 12.9 Å². The van der Waals surface area contributed by atoms with Crippen molar-refractivity contribution in [3.05, 3.63) is 29.3 Å². The summed E-state index contributed by atoms with van der Waals surface area (Å²) in [4.78, 5) is 11.8. The number of carbonyl (C=O) groups excluding carboxylic acids is 1. The molecule has 6 heteroatoms. The number of hydrogen-bond acceptors (Lipinski definition) is 5. The van der Waals surface area contributed by atoms with E-state index in [2.05, 4.69) is 0 Å². The largest absolute Gasteiger partial charge is 0.465 e. The summed E-state index contributed by atoms with van der Waals surface area (Å²) in [5.74, 6) is -0.463. The molecule has 118 valence electrons. The van der Waals surface area contributed by atoms with Crippen molar-refractivity contribution < 1.29 is 22.1 Å². The lowest BCUT2D eigenvalue weighted by atomic mass is 10.0. The molecule has 5 nitrogen and oxygen atoms in total. The van der Waals surface area contributed by atoms with Crippen molar-refractivity contribution in [3.8, 4) is 5.75 Å². The summed E-state index contributed by atoms with van der Waals surface area (Å²) in [6.45, 7) is 5.86. The van der Waals surface area contributed by atoms with Crippen molar-refractivity contribution in [2.45, 2.75) is 39.5 Å². The SMILES string of the molecule is CCCCS(=O)(=O)Oc1ccc(C(C)C)cc1C(=O)OC. The number of ether oxygens (including phenoxy) is 1. The first-order valence-electron chi connectivity index (χ1n) is 6.95. The molecule has 0 saturated heterocycles. The van der Waals surface area contributed by atoms with Crippen molar-refractivity contribution in [1.82, 2.24) is 0 Å². The Kier molecular flexibility index (Phi) is 6.20. The summed E-state index contributed by atoms with van der Waals surface area (Å²) in [7, 11) is -2.45. The van der Waals surface area contributed by atoms with Gasteiger partial charge < -0.3 is 8.92 Å². The van der Waals surface area contributed by atoms with Gasteiger partial charge in [0.05, 0.1) is 12.9 Å². The third-order valence-electron chi connectivity index (χ3n) is 3.04. The van der Waals surface area contributed by atoms with Gasteiger partial charge in [-0.1, -0.05) is 33.3 Å². The fourth-order valence-corrected chi connectivity index (χ4v) is 2.89. The lowest BCUT2D eigenvalue weighted by molar-refractivity contribution is 0.0598. The molecular formula is C15H22O5S. The number of rotatable bonds is 7. The van der Waals surface area contributed by atoms with E-state index in [1.807, 2.05) is 20.8 Å². The lowest BCUT2D eigenvalue weighted by Gasteiger charge is -2.13.